The minimum Gasteiger partial charge on any atom is -0.392 e. The van der Waals surface area contributed by atoms with E-state index in [4.69, 9.17) is 0 Å². The van der Waals surface area contributed by atoms with Crippen LogP contribution in [-0.4, -0.2) is 16.2 Å². The number of aromatic nitrogens is 1. The molecule has 0 bridgehead atoms. The molecule has 0 spiro atoms. The summed E-state index contributed by atoms with van der Waals surface area (Å²) in [6.45, 7) is 1.87. The largest absolute Gasteiger partial charge is 0.392 e. The van der Waals surface area contributed by atoms with Crippen LogP contribution in [0.4, 0.5) is 8.78 Å². The molecule has 0 saturated carbocycles. The molecule has 1 unspecified atom stereocenters. The fraction of sp³-hybridized carbons (Fsp3) is 0.308. The molecule has 1 atom stereocenters. The normalized spacial score (nSPS) is 12.7. The van der Waals surface area contributed by atoms with Crippen LogP contribution in [-0.2, 0) is 12.8 Å². The highest BCUT2D eigenvalue weighted by Gasteiger charge is 2.15. The highest BCUT2D eigenvalue weighted by Crippen LogP contribution is 2.17. The van der Waals surface area contributed by atoms with E-state index in [2.05, 4.69) is 4.98 Å². The van der Waals surface area contributed by atoms with Gasteiger partial charge in [0.1, 0.15) is 11.6 Å². The molecule has 1 N–H and O–H groups in total. The van der Waals surface area contributed by atoms with Crippen LogP contribution >= 0.6 is 11.3 Å². The Hall–Kier alpha value is -1.33. The number of hydrogen-bond donors (Lipinski definition) is 1. The Bertz CT molecular complexity index is 521. The first-order valence-electron chi connectivity index (χ1n) is 5.58. The van der Waals surface area contributed by atoms with E-state index >= 15 is 0 Å². The zero-order valence-electron chi connectivity index (χ0n) is 9.86. The molecule has 2 nitrogen and oxygen atoms in total. The van der Waals surface area contributed by atoms with Gasteiger partial charge >= 0.3 is 0 Å². The molecule has 0 aliphatic rings. The van der Waals surface area contributed by atoms with Gasteiger partial charge in [-0.1, -0.05) is 6.07 Å². The third-order valence-electron chi connectivity index (χ3n) is 2.61. The maximum Gasteiger partial charge on any atom is 0.129 e. The molecule has 0 saturated heterocycles. The van der Waals surface area contributed by atoms with Gasteiger partial charge in [-0.05, 0) is 19.1 Å². The lowest BCUT2D eigenvalue weighted by Gasteiger charge is -2.10. The number of aryl methyl sites for hydroxylation is 1. The maximum absolute atomic E-state index is 13.4. The number of halogens is 2. The topological polar surface area (TPSA) is 33.1 Å². The van der Waals surface area contributed by atoms with Crippen molar-refractivity contribution in [3.63, 3.8) is 0 Å². The van der Waals surface area contributed by atoms with Crippen LogP contribution in [0, 0.1) is 18.6 Å². The van der Waals surface area contributed by atoms with Gasteiger partial charge in [0.25, 0.3) is 0 Å². The van der Waals surface area contributed by atoms with Gasteiger partial charge in [-0.25, -0.2) is 13.8 Å². The second kappa shape index (κ2) is 5.54. The Balaban J connectivity index is 2.05. The maximum atomic E-state index is 13.4. The Kier molecular flexibility index (Phi) is 4.04. The Morgan fingerprint density at radius 1 is 1.28 bits per heavy atom. The SMILES string of the molecule is Cc1nc(CC(O)Cc2c(F)cccc2F)cs1. The number of rotatable bonds is 4. The van der Waals surface area contributed by atoms with E-state index in [1.54, 1.807) is 0 Å². The number of thiazole rings is 1. The number of aliphatic hydroxyl groups excluding tert-OH is 1. The predicted molar refractivity (Wildman–Crippen MR) is 66.6 cm³/mol. The molecule has 18 heavy (non-hydrogen) atoms. The summed E-state index contributed by atoms with van der Waals surface area (Å²) in [4.78, 5) is 4.21. The summed E-state index contributed by atoms with van der Waals surface area (Å²) in [7, 11) is 0. The lowest BCUT2D eigenvalue weighted by molar-refractivity contribution is 0.171. The van der Waals surface area contributed by atoms with Crippen molar-refractivity contribution in [2.45, 2.75) is 25.9 Å². The standard InChI is InChI=1S/C13H13F2NOS/c1-8-16-9(7-18-8)5-10(17)6-11-12(14)3-2-4-13(11)15/h2-4,7,10,17H,5-6H2,1H3. The molecule has 5 heteroatoms. The van der Waals surface area contributed by atoms with E-state index in [1.165, 1.54) is 29.5 Å². The van der Waals surface area contributed by atoms with Gasteiger partial charge in [0.2, 0.25) is 0 Å². The Morgan fingerprint density at radius 2 is 1.94 bits per heavy atom. The molecule has 1 aromatic carbocycles. The smallest absolute Gasteiger partial charge is 0.129 e. The predicted octanol–water partition coefficient (Wildman–Crippen LogP) is 2.88. The van der Waals surface area contributed by atoms with Gasteiger partial charge in [0.05, 0.1) is 16.8 Å². The van der Waals surface area contributed by atoms with Crippen molar-refractivity contribution in [2.24, 2.45) is 0 Å². The Morgan fingerprint density at radius 3 is 2.50 bits per heavy atom. The fourth-order valence-corrected chi connectivity index (χ4v) is 2.40. The minimum atomic E-state index is -0.835. The molecule has 1 aromatic heterocycles. The molecule has 1 heterocycles. The fourth-order valence-electron chi connectivity index (χ4n) is 1.78. The second-order valence-electron chi connectivity index (χ2n) is 4.12. The van der Waals surface area contributed by atoms with Crippen molar-refractivity contribution in [3.05, 3.63) is 51.5 Å². The highest BCUT2D eigenvalue weighted by atomic mass is 32.1. The number of benzene rings is 1. The van der Waals surface area contributed by atoms with E-state index < -0.39 is 17.7 Å². The highest BCUT2D eigenvalue weighted by molar-refractivity contribution is 7.09. The van der Waals surface area contributed by atoms with Crippen LogP contribution in [0.3, 0.4) is 0 Å². The van der Waals surface area contributed by atoms with Gasteiger partial charge in [-0.2, -0.15) is 0 Å². The van der Waals surface area contributed by atoms with Crippen LogP contribution in [0.2, 0.25) is 0 Å². The lowest BCUT2D eigenvalue weighted by atomic mass is 10.0. The van der Waals surface area contributed by atoms with Crippen LogP contribution in [0.25, 0.3) is 0 Å². The molecule has 0 amide bonds. The molecular weight excluding hydrogens is 256 g/mol. The quantitative estimate of drug-likeness (QED) is 0.925. The first kappa shape index (κ1) is 13.1. The van der Waals surface area contributed by atoms with Crippen molar-refractivity contribution >= 4 is 11.3 Å². The number of nitrogens with zero attached hydrogens (tertiary/aromatic N) is 1. The van der Waals surface area contributed by atoms with E-state index in [9.17, 15) is 13.9 Å². The third-order valence-corrected chi connectivity index (χ3v) is 3.44. The summed E-state index contributed by atoms with van der Waals surface area (Å²) in [5, 5.41) is 12.6. The van der Waals surface area contributed by atoms with E-state index in [-0.39, 0.29) is 12.0 Å². The lowest BCUT2D eigenvalue weighted by Crippen LogP contribution is -2.16. The summed E-state index contributed by atoms with van der Waals surface area (Å²) >= 11 is 1.49. The van der Waals surface area contributed by atoms with Gasteiger partial charge in [-0.15, -0.1) is 11.3 Å². The molecule has 0 radical (unpaired) electrons. The summed E-state index contributed by atoms with van der Waals surface area (Å²) in [5.74, 6) is -1.24. The van der Waals surface area contributed by atoms with Crippen molar-refractivity contribution in [3.8, 4) is 0 Å². The molecule has 0 aliphatic heterocycles. The van der Waals surface area contributed by atoms with Crippen LogP contribution < -0.4 is 0 Å². The Labute approximate surface area is 108 Å². The summed E-state index contributed by atoms with van der Waals surface area (Å²) in [6, 6.07) is 3.70. The second-order valence-corrected chi connectivity index (χ2v) is 5.18. The number of aliphatic hydroxyl groups is 1. The summed E-state index contributed by atoms with van der Waals surface area (Å²) in [6.07, 6.45) is -0.578. The van der Waals surface area contributed by atoms with Crippen LogP contribution in [0.5, 0.6) is 0 Å². The van der Waals surface area contributed by atoms with Gasteiger partial charge in [-0.3, -0.25) is 0 Å². The summed E-state index contributed by atoms with van der Waals surface area (Å²) < 4.78 is 26.8. The van der Waals surface area contributed by atoms with Crippen LogP contribution in [0.15, 0.2) is 23.6 Å². The zero-order chi connectivity index (χ0) is 13.1. The van der Waals surface area contributed by atoms with Gasteiger partial charge in [0, 0.05) is 23.8 Å². The van der Waals surface area contributed by atoms with Crippen molar-refractivity contribution in [2.75, 3.05) is 0 Å². The molecule has 2 rings (SSSR count). The first-order valence-corrected chi connectivity index (χ1v) is 6.46. The van der Waals surface area contributed by atoms with E-state index in [1.807, 2.05) is 12.3 Å². The molecular formula is C13H13F2NOS. The molecule has 96 valence electrons. The molecule has 0 aliphatic carbocycles. The van der Waals surface area contributed by atoms with Gasteiger partial charge in [0.15, 0.2) is 0 Å². The number of hydrogen-bond acceptors (Lipinski definition) is 3. The van der Waals surface area contributed by atoms with Crippen LogP contribution in [0.1, 0.15) is 16.3 Å². The van der Waals surface area contributed by atoms with Gasteiger partial charge < -0.3 is 5.11 Å². The van der Waals surface area contributed by atoms with E-state index in [0.717, 1.165) is 10.7 Å². The third kappa shape index (κ3) is 3.11. The van der Waals surface area contributed by atoms with Crippen molar-refractivity contribution in [1.29, 1.82) is 0 Å². The molecule has 2 aromatic rings. The average Bonchev–Trinajstić information content (AvgIpc) is 2.69. The van der Waals surface area contributed by atoms with Crippen molar-refractivity contribution < 1.29 is 13.9 Å². The zero-order valence-corrected chi connectivity index (χ0v) is 10.7. The average molecular weight is 269 g/mol. The first-order chi connectivity index (χ1) is 8.56. The monoisotopic (exact) mass is 269 g/mol. The molecule has 0 fully saturated rings. The summed E-state index contributed by atoms with van der Waals surface area (Å²) in [5.41, 5.74) is 0.679. The van der Waals surface area contributed by atoms with Crippen molar-refractivity contribution in [1.82, 2.24) is 4.98 Å². The minimum absolute atomic E-state index is 0.0465. The van der Waals surface area contributed by atoms with E-state index in [0.29, 0.717) is 6.42 Å².